The van der Waals surface area contributed by atoms with E-state index in [9.17, 15) is 17.6 Å². The summed E-state index contributed by atoms with van der Waals surface area (Å²) in [5.74, 6) is -0.356. The van der Waals surface area contributed by atoms with Gasteiger partial charge in [0.15, 0.2) is 16.4 Å². The Labute approximate surface area is 208 Å². The third kappa shape index (κ3) is 5.95. The molecule has 1 aromatic heterocycles. The number of methoxy groups -OCH3 is 1. The standard InChI is InChI=1S/C25H20F4N2OS.BrH/c1-32-23-11-10-18(14-21(23)26)22-16-33-24(31(22)13-12-17-6-3-2-4-7-17)30-20-9-5-8-19(15-20)25(27,28)29;/h2-11,14-16H,12-13H2,1H3;1H. The number of hydrogen-bond acceptors (Lipinski definition) is 3. The fourth-order valence-electron chi connectivity index (χ4n) is 3.44. The van der Waals surface area contributed by atoms with E-state index in [1.54, 1.807) is 12.1 Å². The van der Waals surface area contributed by atoms with Gasteiger partial charge in [0.05, 0.1) is 24.1 Å². The summed E-state index contributed by atoms with van der Waals surface area (Å²) in [5.41, 5.74) is 1.90. The van der Waals surface area contributed by atoms with Gasteiger partial charge in [-0.25, -0.2) is 9.38 Å². The van der Waals surface area contributed by atoms with Gasteiger partial charge in [-0.15, -0.1) is 28.3 Å². The van der Waals surface area contributed by atoms with E-state index < -0.39 is 17.6 Å². The maximum Gasteiger partial charge on any atom is 0.416 e. The minimum Gasteiger partial charge on any atom is -0.494 e. The maximum atomic E-state index is 14.4. The molecule has 9 heteroatoms. The zero-order valence-corrected chi connectivity index (χ0v) is 20.6. The number of nitrogens with zero attached hydrogens (tertiary/aromatic N) is 2. The van der Waals surface area contributed by atoms with Crippen molar-refractivity contribution in [3.63, 3.8) is 0 Å². The second kappa shape index (κ2) is 11.0. The minimum atomic E-state index is -4.45. The van der Waals surface area contributed by atoms with Gasteiger partial charge in [-0.3, -0.25) is 0 Å². The van der Waals surface area contributed by atoms with E-state index >= 15 is 0 Å². The molecule has 4 aromatic rings. The van der Waals surface area contributed by atoms with E-state index in [0.717, 1.165) is 23.4 Å². The lowest BCUT2D eigenvalue weighted by molar-refractivity contribution is -0.137. The smallest absolute Gasteiger partial charge is 0.416 e. The molecule has 0 bridgehead atoms. The van der Waals surface area contributed by atoms with Gasteiger partial charge in [-0.05, 0) is 48.4 Å². The number of aromatic nitrogens is 1. The molecule has 3 aromatic carbocycles. The molecule has 3 nitrogen and oxygen atoms in total. The van der Waals surface area contributed by atoms with Crippen molar-refractivity contribution in [3.05, 3.63) is 99.9 Å². The summed E-state index contributed by atoms with van der Waals surface area (Å²) in [6.07, 6.45) is -3.77. The summed E-state index contributed by atoms with van der Waals surface area (Å²) >= 11 is 1.29. The van der Waals surface area contributed by atoms with E-state index in [0.29, 0.717) is 23.3 Å². The van der Waals surface area contributed by atoms with E-state index in [-0.39, 0.29) is 28.4 Å². The van der Waals surface area contributed by atoms with Crippen LogP contribution in [0.5, 0.6) is 5.75 Å². The number of alkyl halides is 3. The molecule has 34 heavy (non-hydrogen) atoms. The van der Waals surface area contributed by atoms with Crippen LogP contribution in [0.2, 0.25) is 0 Å². The topological polar surface area (TPSA) is 26.5 Å². The van der Waals surface area contributed by atoms with Gasteiger partial charge < -0.3 is 9.30 Å². The maximum absolute atomic E-state index is 14.4. The van der Waals surface area contributed by atoms with Crippen LogP contribution in [0.15, 0.2) is 83.2 Å². The first-order valence-electron chi connectivity index (χ1n) is 10.1. The van der Waals surface area contributed by atoms with Crippen LogP contribution < -0.4 is 9.54 Å². The molecule has 0 fully saturated rings. The van der Waals surface area contributed by atoms with Crippen LogP contribution >= 0.6 is 28.3 Å². The monoisotopic (exact) mass is 552 g/mol. The van der Waals surface area contributed by atoms with Crippen molar-refractivity contribution in [2.75, 3.05) is 7.11 Å². The summed E-state index contributed by atoms with van der Waals surface area (Å²) in [7, 11) is 1.40. The highest BCUT2D eigenvalue weighted by atomic mass is 79.9. The highest BCUT2D eigenvalue weighted by Gasteiger charge is 2.30. The van der Waals surface area contributed by atoms with Crippen LogP contribution in [-0.4, -0.2) is 11.7 Å². The minimum absolute atomic E-state index is 0. The number of rotatable bonds is 6. The first kappa shape index (κ1) is 25.7. The zero-order valence-electron chi connectivity index (χ0n) is 18.1. The van der Waals surface area contributed by atoms with E-state index in [2.05, 4.69) is 4.99 Å². The SMILES string of the molecule is Br.COc1ccc(-c2csc(=Nc3cccc(C(F)(F)F)c3)n2CCc2ccccc2)cc1F. The predicted octanol–water partition coefficient (Wildman–Crippen LogP) is 7.44. The molecular formula is C25H21BrF4N2OS. The molecule has 0 radical (unpaired) electrons. The summed E-state index contributed by atoms with van der Waals surface area (Å²) in [6, 6.07) is 19.4. The lowest BCUT2D eigenvalue weighted by Gasteiger charge is -2.11. The molecule has 0 atom stereocenters. The molecule has 0 amide bonds. The largest absolute Gasteiger partial charge is 0.494 e. The molecule has 0 saturated carbocycles. The second-order valence-corrected chi connectivity index (χ2v) is 8.14. The van der Waals surface area contributed by atoms with E-state index in [1.165, 1.54) is 36.6 Å². The van der Waals surface area contributed by atoms with Crippen molar-refractivity contribution in [2.24, 2.45) is 4.99 Å². The van der Waals surface area contributed by atoms with Crippen LogP contribution in [0.4, 0.5) is 23.2 Å². The zero-order chi connectivity index (χ0) is 23.4. The fourth-order valence-corrected chi connectivity index (χ4v) is 4.39. The third-order valence-electron chi connectivity index (χ3n) is 5.11. The van der Waals surface area contributed by atoms with Gasteiger partial charge in [0.1, 0.15) is 0 Å². The van der Waals surface area contributed by atoms with Crippen molar-refractivity contribution in [1.82, 2.24) is 4.57 Å². The number of benzene rings is 3. The number of aryl methyl sites for hydroxylation is 1. The van der Waals surface area contributed by atoms with Crippen LogP contribution in [0.1, 0.15) is 11.1 Å². The lowest BCUT2D eigenvalue weighted by atomic mass is 10.1. The second-order valence-electron chi connectivity index (χ2n) is 7.30. The first-order chi connectivity index (χ1) is 15.8. The van der Waals surface area contributed by atoms with E-state index in [4.69, 9.17) is 4.74 Å². The van der Waals surface area contributed by atoms with Crippen molar-refractivity contribution in [1.29, 1.82) is 0 Å². The highest BCUT2D eigenvalue weighted by Crippen LogP contribution is 2.31. The third-order valence-corrected chi connectivity index (χ3v) is 5.97. The van der Waals surface area contributed by atoms with Gasteiger partial charge >= 0.3 is 6.18 Å². The van der Waals surface area contributed by atoms with E-state index in [1.807, 2.05) is 40.3 Å². The van der Waals surface area contributed by atoms with Gasteiger partial charge in [0, 0.05) is 17.5 Å². The molecule has 0 unspecified atom stereocenters. The molecular weight excluding hydrogens is 532 g/mol. The summed E-state index contributed by atoms with van der Waals surface area (Å²) in [4.78, 5) is 5.02. The summed E-state index contributed by atoms with van der Waals surface area (Å²) < 4.78 is 60.7. The average molecular weight is 553 g/mol. The molecule has 0 aliphatic rings. The summed E-state index contributed by atoms with van der Waals surface area (Å²) in [5, 5.41) is 1.83. The quantitative estimate of drug-likeness (QED) is 0.228. The normalized spacial score (nSPS) is 11.9. The lowest BCUT2D eigenvalue weighted by Crippen LogP contribution is -2.17. The summed E-state index contributed by atoms with van der Waals surface area (Å²) in [6.45, 7) is 0.522. The predicted molar refractivity (Wildman–Crippen MR) is 131 cm³/mol. The molecule has 0 aliphatic heterocycles. The van der Waals surface area contributed by atoms with Crippen LogP contribution in [-0.2, 0) is 19.1 Å². The Morgan fingerprint density at radius 3 is 2.41 bits per heavy atom. The fraction of sp³-hybridized carbons (Fsp3) is 0.160. The Kier molecular flexibility index (Phi) is 8.33. The highest BCUT2D eigenvalue weighted by molar-refractivity contribution is 8.93. The molecule has 178 valence electrons. The van der Waals surface area contributed by atoms with Gasteiger partial charge in [0.2, 0.25) is 0 Å². The molecule has 1 heterocycles. The number of hydrogen-bond donors (Lipinski definition) is 0. The number of thiazole rings is 1. The first-order valence-corrected chi connectivity index (χ1v) is 11.0. The Hall–Kier alpha value is -2.91. The van der Waals surface area contributed by atoms with Crippen molar-refractivity contribution < 1.29 is 22.3 Å². The number of ether oxygens (including phenoxy) is 1. The number of halogens is 5. The average Bonchev–Trinajstić information content (AvgIpc) is 3.20. The van der Waals surface area contributed by atoms with Crippen molar-refractivity contribution >= 4 is 34.0 Å². The Morgan fingerprint density at radius 1 is 0.971 bits per heavy atom. The van der Waals surface area contributed by atoms with Crippen molar-refractivity contribution in [3.8, 4) is 17.0 Å². The Balaban J connectivity index is 0.00000324. The molecule has 4 rings (SSSR count). The molecule has 0 spiro atoms. The van der Waals surface area contributed by atoms with Gasteiger partial charge in [0.25, 0.3) is 0 Å². The Morgan fingerprint density at radius 2 is 1.74 bits per heavy atom. The Bertz CT molecular complexity index is 1320. The van der Waals surface area contributed by atoms with Crippen LogP contribution in [0.3, 0.4) is 0 Å². The van der Waals surface area contributed by atoms with Crippen molar-refractivity contribution in [2.45, 2.75) is 19.1 Å². The molecule has 0 saturated heterocycles. The van der Waals surface area contributed by atoms with Crippen LogP contribution in [0, 0.1) is 5.82 Å². The molecule has 0 aliphatic carbocycles. The van der Waals surface area contributed by atoms with Gasteiger partial charge in [-0.2, -0.15) is 13.2 Å². The van der Waals surface area contributed by atoms with Gasteiger partial charge in [-0.1, -0.05) is 36.4 Å². The molecule has 0 N–H and O–H groups in total. The van der Waals surface area contributed by atoms with Crippen LogP contribution in [0.25, 0.3) is 11.3 Å².